The van der Waals surface area contributed by atoms with Crippen molar-refractivity contribution in [2.45, 2.75) is 26.4 Å². The molecule has 11 heteroatoms. The van der Waals surface area contributed by atoms with Gasteiger partial charge in [-0.3, -0.25) is 4.79 Å². The van der Waals surface area contributed by atoms with Crippen molar-refractivity contribution in [1.29, 1.82) is 0 Å². The zero-order valence-electron chi connectivity index (χ0n) is 17.3. The van der Waals surface area contributed by atoms with Crippen LogP contribution in [0.15, 0.2) is 36.4 Å². The number of carbonyl (C=O) groups is 1. The largest absolute Gasteiger partial charge is 0.486 e. The van der Waals surface area contributed by atoms with Crippen LogP contribution in [0.25, 0.3) is 0 Å². The molecular weight excluding hydrogens is 479 g/mol. The van der Waals surface area contributed by atoms with Gasteiger partial charge in [-0.25, -0.2) is 30.7 Å². The minimum atomic E-state index is -2.16. The Morgan fingerprint density at radius 3 is 1.91 bits per heavy atom. The van der Waals surface area contributed by atoms with Crippen molar-refractivity contribution in [1.82, 2.24) is 0 Å². The SMILES string of the molecule is CCCc1ccc(F)c(F)c1F.O=C(F)c1ccc(OCc2cc(F)c(F)c(F)c2)c(F)c1F. The molecular formula is C23H15F9O2. The van der Waals surface area contributed by atoms with Gasteiger partial charge in [-0.15, -0.1) is 0 Å². The molecule has 0 heterocycles. The lowest BCUT2D eigenvalue weighted by atomic mass is 10.1. The standard InChI is InChI=1S/C14H6F6O2.C9H9F3/c15-8-3-6(4-9(16)12(8)18)5-22-10-2-1-7(14(20)21)11(17)13(10)19;1-2-3-6-4-5-7(10)9(12)8(6)11/h1-4H,5H2;4-5H,2-3H2,1H3. The Balaban J connectivity index is 0.000000287. The van der Waals surface area contributed by atoms with Gasteiger partial charge in [0, 0.05) is 0 Å². The zero-order chi connectivity index (χ0) is 25.6. The van der Waals surface area contributed by atoms with Gasteiger partial charge in [0.15, 0.2) is 46.5 Å². The van der Waals surface area contributed by atoms with Gasteiger partial charge in [0.1, 0.15) is 6.61 Å². The highest BCUT2D eigenvalue weighted by Gasteiger charge is 2.19. The third-order valence-corrected chi connectivity index (χ3v) is 4.33. The second kappa shape index (κ2) is 11.6. The molecule has 0 saturated carbocycles. The highest BCUT2D eigenvalue weighted by molar-refractivity contribution is 5.88. The maximum Gasteiger partial charge on any atom is 0.335 e. The summed E-state index contributed by atoms with van der Waals surface area (Å²) in [5.41, 5.74) is -1.05. The molecule has 2 nitrogen and oxygen atoms in total. The van der Waals surface area contributed by atoms with Crippen LogP contribution in [0.1, 0.15) is 34.8 Å². The average molecular weight is 494 g/mol. The summed E-state index contributed by atoms with van der Waals surface area (Å²) >= 11 is 0. The zero-order valence-corrected chi connectivity index (χ0v) is 17.3. The minimum absolute atomic E-state index is 0.179. The van der Waals surface area contributed by atoms with Crippen molar-refractivity contribution in [3.8, 4) is 5.75 Å². The highest BCUT2D eigenvalue weighted by atomic mass is 19.2. The lowest BCUT2D eigenvalue weighted by molar-refractivity contribution is 0.0830. The third-order valence-electron chi connectivity index (χ3n) is 4.33. The summed E-state index contributed by atoms with van der Waals surface area (Å²) in [6, 6.07) is 2.73. The van der Waals surface area contributed by atoms with Gasteiger partial charge >= 0.3 is 6.04 Å². The summed E-state index contributed by atoms with van der Waals surface area (Å²) in [6.07, 6.45) is 1.14. The summed E-state index contributed by atoms with van der Waals surface area (Å²) < 4.78 is 120. The Morgan fingerprint density at radius 1 is 0.735 bits per heavy atom. The van der Waals surface area contributed by atoms with Gasteiger partial charge in [-0.05, 0) is 47.9 Å². The second-order valence-electron chi connectivity index (χ2n) is 6.76. The molecule has 3 aromatic rings. The molecule has 182 valence electrons. The number of benzene rings is 3. The normalized spacial score (nSPS) is 10.5. The lowest BCUT2D eigenvalue weighted by Crippen LogP contribution is -2.04. The number of hydrogen-bond acceptors (Lipinski definition) is 2. The Labute approximate surface area is 187 Å². The second-order valence-corrected chi connectivity index (χ2v) is 6.76. The molecule has 0 bridgehead atoms. The molecule has 3 rings (SSSR count). The Kier molecular flexibility index (Phi) is 9.11. The average Bonchev–Trinajstić information content (AvgIpc) is 2.79. The first-order valence-corrected chi connectivity index (χ1v) is 9.54. The summed E-state index contributed by atoms with van der Waals surface area (Å²) in [4.78, 5) is 10.4. The summed E-state index contributed by atoms with van der Waals surface area (Å²) in [5.74, 6) is -12.3. The molecule has 0 fully saturated rings. The summed E-state index contributed by atoms with van der Waals surface area (Å²) in [6.45, 7) is 1.24. The summed E-state index contributed by atoms with van der Waals surface area (Å²) in [5, 5.41) is 0. The molecule has 0 spiro atoms. The van der Waals surface area contributed by atoms with E-state index in [1.807, 2.05) is 6.92 Å². The summed E-state index contributed by atoms with van der Waals surface area (Å²) in [7, 11) is 0. The smallest absolute Gasteiger partial charge is 0.335 e. The van der Waals surface area contributed by atoms with Gasteiger partial charge in [-0.1, -0.05) is 19.4 Å². The number of ether oxygens (including phenoxy) is 1. The number of rotatable bonds is 6. The van der Waals surface area contributed by atoms with Crippen molar-refractivity contribution < 1.29 is 49.0 Å². The van der Waals surface area contributed by atoms with Crippen molar-refractivity contribution in [3.63, 3.8) is 0 Å². The molecule has 0 saturated heterocycles. The molecule has 0 aliphatic heterocycles. The molecule has 3 aromatic carbocycles. The third kappa shape index (κ3) is 6.30. The molecule has 0 atom stereocenters. The first-order chi connectivity index (χ1) is 16.0. The number of aryl methyl sites for hydroxylation is 1. The van der Waals surface area contributed by atoms with Crippen LogP contribution in [-0.2, 0) is 13.0 Å². The quantitative estimate of drug-likeness (QED) is 0.207. The molecule has 0 aliphatic carbocycles. The number of halogens is 9. The topological polar surface area (TPSA) is 26.3 Å². The maximum atomic E-state index is 13.5. The van der Waals surface area contributed by atoms with Gasteiger partial charge < -0.3 is 4.74 Å². The van der Waals surface area contributed by atoms with Crippen LogP contribution in [0.2, 0.25) is 0 Å². The van der Waals surface area contributed by atoms with E-state index in [1.165, 1.54) is 6.07 Å². The van der Waals surface area contributed by atoms with E-state index >= 15 is 0 Å². The van der Waals surface area contributed by atoms with Crippen molar-refractivity contribution in [2.75, 3.05) is 0 Å². The van der Waals surface area contributed by atoms with Crippen molar-refractivity contribution in [2.24, 2.45) is 0 Å². The fourth-order valence-electron chi connectivity index (χ4n) is 2.68. The molecule has 0 aliphatic rings. The number of carbonyl (C=O) groups excluding carboxylic acids is 1. The van der Waals surface area contributed by atoms with Crippen LogP contribution < -0.4 is 4.74 Å². The molecule has 34 heavy (non-hydrogen) atoms. The first kappa shape index (κ1) is 26.7. The van der Waals surface area contributed by atoms with E-state index in [2.05, 4.69) is 0 Å². The van der Waals surface area contributed by atoms with E-state index in [1.54, 1.807) is 0 Å². The highest BCUT2D eigenvalue weighted by Crippen LogP contribution is 2.25. The van der Waals surface area contributed by atoms with Crippen LogP contribution in [0.5, 0.6) is 5.75 Å². The van der Waals surface area contributed by atoms with Crippen LogP contribution in [0, 0.1) is 46.5 Å². The van der Waals surface area contributed by atoms with E-state index in [4.69, 9.17) is 4.74 Å². The van der Waals surface area contributed by atoms with Crippen molar-refractivity contribution >= 4 is 6.04 Å². The fraction of sp³-hybridized carbons (Fsp3) is 0.174. The predicted molar refractivity (Wildman–Crippen MR) is 103 cm³/mol. The van der Waals surface area contributed by atoms with Crippen LogP contribution in [0.3, 0.4) is 0 Å². The first-order valence-electron chi connectivity index (χ1n) is 9.54. The molecule has 0 N–H and O–H groups in total. The van der Waals surface area contributed by atoms with E-state index in [9.17, 15) is 44.3 Å². The Hall–Kier alpha value is -3.50. The van der Waals surface area contributed by atoms with Gasteiger partial charge in [0.05, 0.1) is 5.56 Å². The van der Waals surface area contributed by atoms with Crippen molar-refractivity contribution in [3.05, 3.63) is 99.6 Å². The predicted octanol–water partition coefficient (Wildman–Crippen LogP) is 7.13. The van der Waals surface area contributed by atoms with Crippen LogP contribution in [-0.4, -0.2) is 6.04 Å². The maximum absolute atomic E-state index is 13.5. The van der Waals surface area contributed by atoms with Gasteiger partial charge in [-0.2, -0.15) is 8.78 Å². The van der Waals surface area contributed by atoms with Gasteiger partial charge in [0.2, 0.25) is 5.82 Å². The Morgan fingerprint density at radius 2 is 1.35 bits per heavy atom. The minimum Gasteiger partial charge on any atom is -0.486 e. The molecule has 0 radical (unpaired) electrons. The van der Waals surface area contributed by atoms with Crippen LogP contribution >= 0.6 is 0 Å². The van der Waals surface area contributed by atoms with Crippen LogP contribution in [0.4, 0.5) is 39.5 Å². The van der Waals surface area contributed by atoms with Gasteiger partial charge in [0.25, 0.3) is 0 Å². The monoisotopic (exact) mass is 494 g/mol. The van der Waals surface area contributed by atoms with E-state index in [-0.39, 0.29) is 11.1 Å². The van der Waals surface area contributed by atoms with E-state index in [0.717, 1.165) is 12.1 Å². The fourth-order valence-corrected chi connectivity index (χ4v) is 2.68. The lowest BCUT2D eigenvalue weighted by Gasteiger charge is -2.09. The Bertz CT molecular complexity index is 1170. The molecule has 0 aromatic heterocycles. The molecule has 0 unspecified atom stereocenters. The number of hydrogen-bond donors (Lipinski definition) is 0. The van der Waals surface area contributed by atoms with E-state index in [0.29, 0.717) is 31.0 Å². The molecule has 0 amide bonds. The van der Waals surface area contributed by atoms with E-state index < -0.39 is 70.5 Å².